The van der Waals surface area contributed by atoms with Crippen LogP contribution < -0.4 is 16.1 Å². The first kappa shape index (κ1) is 15.3. The van der Waals surface area contributed by atoms with Crippen molar-refractivity contribution in [2.75, 3.05) is 23.5 Å². The topological polar surface area (TPSA) is 128 Å². The fourth-order valence-corrected chi connectivity index (χ4v) is 2.13. The molecule has 0 saturated heterocycles. The lowest BCUT2D eigenvalue weighted by Crippen LogP contribution is -2.29. The van der Waals surface area contributed by atoms with Gasteiger partial charge in [-0.2, -0.15) is 10.4 Å². The number of amides is 1. The van der Waals surface area contributed by atoms with E-state index < -0.39 is 5.84 Å². The summed E-state index contributed by atoms with van der Waals surface area (Å²) in [4.78, 5) is 13.4. The van der Waals surface area contributed by atoms with E-state index >= 15 is 0 Å². The summed E-state index contributed by atoms with van der Waals surface area (Å²) < 4.78 is 5.01. The lowest BCUT2D eigenvalue weighted by molar-refractivity contribution is 0.160. The fraction of sp³-hybridized carbons (Fsp3) is 0.286. The summed E-state index contributed by atoms with van der Waals surface area (Å²) in [5.41, 5.74) is 10.2. The first-order valence-corrected chi connectivity index (χ1v) is 6.72. The number of nitriles is 1. The molecular formula is C14H16N6O2. The maximum atomic E-state index is 11.8. The largest absolute Gasteiger partial charge is 0.449 e. The summed E-state index contributed by atoms with van der Waals surface area (Å²) in [5.74, 6) is -0.398. The number of nitrogens with one attached hydrogen (secondary N) is 2. The van der Waals surface area contributed by atoms with Gasteiger partial charge in [0, 0.05) is 6.54 Å². The number of hydrogen-bond acceptors (Lipinski definition) is 6. The minimum absolute atomic E-state index is 0.186. The van der Waals surface area contributed by atoms with Gasteiger partial charge in [-0.25, -0.2) is 4.79 Å². The maximum Gasteiger partial charge on any atom is 0.414 e. The minimum atomic E-state index is -0.398. The third-order valence-electron chi connectivity index (χ3n) is 3.12. The molecule has 0 bridgehead atoms. The van der Waals surface area contributed by atoms with Crippen molar-refractivity contribution in [2.24, 2.45) is 10.8 Å². The number of benzene rings is 1. The number of ether oxygens (including phenoxy) is 1. The van der Waals surface area contributed by atoms with Crippen molar-refractivity contribution in [3.8, 4) is 6.07 Å². The second kappa shape index (κ2) is 6.58. The smallest absolute Gasteiger partial charge is 0.414 e. The van der Waals surface area contributed by atoms with E-state index in [2.05, 4.69) is 10.5 Å². The highest BCUT2D eigenvalue weighted by Gasteiger charge is 2.25. The summed E-state index contributed by atoms with van der Waals surface area (Å²) >= 11 is 0. The van der Waals surface area contributed by atoms with Gasteiger partial charge in [0.25, 0.3) is 0 Å². The van der Waals surface area contributed by atoms with Gasteiger partial charge in [-0.1, -0.05) is 0 Å². The number of carbonyl (C=O) groups excluding carboxylic acids is 1. The molecule has 8 heteroatoms. The molecule has 0 aromatic heterocycles. The van der Waals surface area contributed by atoms with Gasteiger partial charge in [0.2, 0.25) is 5.71 Å². The van der Waals surface area contributed by atoms with E-state index in [1.54, 1.807) is 30.0 Å². The molecule has 1 aromatic rings. The number of hydrazone groups is 1. The summed E-state index contributed by atoms with van der Waals surface area (Å²) in [6, 6.07) is 7.09. The van der Waals surface area contributed by atoms with Crippen molar-refractivity contribution in [3.05, 3.63) is 23.8 Å². The van der Waals surface area contributed by atoms with E-state index in [4.69, 9.17) is 21.1 Å². The van der Waals surface area contributed by atoms with Gasteiger partial charge in [-0.15, -0.1) is 0 Å². The van der Waals surface area contributed by atoms with Crippen LogP contribution in [-0.4, -0.2) is 30.8 Å². The number of anilines is 2. The molecular weight excluding hydrogens is 284 g/mol. The molecule has 4 N–H and O–H groups in total. The summed E-state index contributed by atoms with van der Waals surface area (Å²) in [5, 5.41) is 19.7. The summed E-state index contributed by atoms with van der Waals surface area (Å²) in [7, 11) is 0. The van der Waals surface area contributed by atoms with E-state index in [0.717, 1.165) is 11.3 Å². The zero-order valence-corrected chi connectivity index (χ0v) is 12.1. The normalized spacial score (nSPS) is 13.3. The van der Waals surface area contributed by atoms with Crippen LogP contribution in [-0.2, 0) is 11.2 Å². The Morgan fingerprint density at radius 2 is 2.41 bits per heavy atom. The maximum absolute atomic E-state index is 11.8. The molecule has 1 heterocycles. The number of amidine groups is 1. The predicted molar refractivity (Wildman–Crippen MR) is 83.1 cm³/mol. The molecule has 22 heavy (non-hydrogen) atoms. The van der Waals surface area contributed by atoms with Gasteiger partial charge in [0.05, 0.1) is 18.0 Å². The Morgan fingerprint density at radius 3 is 3.05 bits per heavy atom. The minimum Gasteiger partial charge on any atom is -0.449 e. The molecule has 0 radical (unpaired) electrons. The van der Waals surface area contributed by atoms with Crippen molar-refractivity contribution in [2.45, 2.75) is 13.3 Å². The average Bonchev–Trinajstić information content (AvgIpc) is 2.91. The molecule has 0 spiro atoms. The molecule has 0 saturated carbocycles. The molecule has 114 valence electrons. The van der Waals surface area contributed by atoms with Crippen molar-refractivity contribution < 1.29 is 9.53 Å². The van der Waals surface area contributed by atoms with Gasteiger partial charge in [0.1, 0.15) is 6.07 Å². The second-order valence-corrected chi connectivity index (χ2v) is 4.54. The van der Waals surface area contributed by atoms with Crippen LogP contribution in [0.15, 0.2) is 23.3 Å². The Morgan fingerprint density at radius 1 is 1.64 bits per heavy atom. The molecule has 1 amide bonds. The molecule has 1 aliphatic rings. The molecule has 1 aliphatic heterocycles. The number of rotatable bonds is 4. The van der Waals surface area contributed by atoms with Crippen LogP contribution in [0.3, 0.4) is 0 Å². The highest BCUT2D eigenvalue weighted by molar-refractivity contribution is 6.45. The highest BCUT2D eigenvalue weighted by atomic mass is 16.6. The number of nitrogens with zero attached hydrogens (tertiary/aromatic N) is 3. The molecule has 2 rings (SSSR count). The molecule has 0 fully saturated rings. The van der Waals surface area contributed by atoms with Gasteiger partial charge < -0.3 is 10.5 Å². The van der Waals surface area contributed by atoms with Gasteiger partial charge in [0.15, 0.2) is 5.84 Å². The Hall–Kier alpha value is -3.08. The molecule has 1 aromatic carbocycles. The average molecular weight is 300 g/mol. The SMILES string of the molecule is CCOC(=O)N1CCc2cc(N/N=C(\C#N)C(=N)N)ccc21. The predicted octanol–water partition coefficient (Wildman–Crippen LogP) is 1.43. The zero-order valence-electron chi connectivity index (χ0n) is 12.1. The quantitative estimate of drug-likeness (QED) is 0.440. The van der Waals surface area contributed by atoms with E-state index in [-0.39, 0.29) is 11.8 Å². The highest BCUT2D eigenvalue weighted by Crippen LogP contribution is 2.30. The van der Waals surface area contributed by atoms with Crippen molar-refractivity contribution in [3.63, 3.8) is 0 Å². The Bertz CT molecular complexity index is 676. The van der Waals surface area contributed by atoms with Crippen LogP contribution in [0.2, 0.25) is 0 Å². The van der Waals surface area contributed by atoms with Gasteiger partial charge in [-0.3, -0.25) is 15.7 Å². The Labute approximate surface area is 127 Å². The van der Waals surface area contributed by atoms with Crippen LogP contribution in [0.5, 0.6) is 0 Å². The standard InChI is InChI=1S/C14H16N6O2/c1-2-22-14(21)20-6-5-9-7-10(3-4-12(9)20)18-19-11(8-15)13(16)17/h3-4,7,18H,2,5-6H2,1H3,(H3,16,17)/b19-11+. The molecule has 0 atom stereocenters. The monoisotopic (exact) mass is 300 g/mol. The molecule has 0 aliphatic carbocycles. The first-order valence-electron chi connectivity index (χ1n) is 6.72. The van der Waals surface area contributed by atoms with Crippen LogP contribution in [0.25, 0.3) is 0 Å². The number of nitrogens with two attached hydrogens (primary N) is 1. The molecule has 0 unspecified atom stereocenters. The van der Waals surface area contributed by atoms with Crippen molar-refractivity contribution >= 4 is 29.0 Å². The lowest BCUT2D eigenvalue weighted by Gasteiger charge is -2.16. The number of hydrogen-bond donors (Lipinski definition) is 3. The Balaban J connectivity index is 2.16. The fourth-order valence-electron chi connectivity index (χ4n) is 2.13. The van der Waals surface area contributed by atoms with Crippen LogP contribution >= 0.6 is 0 Å². The number of carbonyl (C=O) groups is 1. The molecule has 8 nitrogen and oxygen atoms in total. The van der Waals surface area contributed by atoms with Crippen molar-refractivity contribution in [1.29, 1.82) is 10.7 Å². The third-order valence-corrected chi connectivity index (χ3v) is 3.12. The first-order chi connectivity index (χ1) is 10.6. The summed E-state index contributed by atoms with van der Waals surface area (Å²) in [6.45, 7) is 2.67. The van der Waals surface area contributed by atoms with E-state index in [9.17, 15) is 4.79 Å². The second-order valence-electron chi connectivity index (χ2n) is 4.54. The van der Waals surface area contributed by atoms with Crippen LogP contribution in [0.1, 0.15) is 12.5 Å². The van der Waals surface area contributed by atoms with Gasteiger partial charge in [-0.05, 0) is 37.1 Å². The summed E-state index contributed by atoms with van der Waals surface area (Å²) in [6.07, 6.45) is 0.355. The van der Waals surface area contributed by atoms with Gasteiger partial charge >= 0.3 is 6.09 Å². The third kappa shape index (κ3) is 3.15. The van der Waals surface area contributed by atoms with E-state index in [0.29, 0.717) is 25.3 Å². The van der Waals surface area contributed by atoms with E-state index in [1.165, 1.54) is 0 Å². The van der Waals surface area contributed by atoms with Crippen LogP contribution in [0.4, 0.5) is 16.2 Å². The lowest BCUT2D eigenvalue weighted by atomic mass is 10.1. The zero-order chi connectivity index (χ0) is 16.1. The van der Waals surface area contributed by atoms with Crippen molar-refractivity contribution in [1.82, 2.24) is 0 Å². The number of fused-ring (bicyclic) bond motifs is 1. The van der Waals surface area contributed by atoms with E-state index in [1.807, 2.05) is 6.07 Å². The van der Waals surface area contributed by atoms with Crippen LogP contribution in [0, 0.1) is 16.7 Å². The Kier molecular flexibility index (Phi) is 4.58.